The summed E-state index contributed by atoms with van der Waals surface area (Å²) in [7, 11) is 0. The fourth-order valence-corrected chi connectivity index (χ4v) is 4.45. The summed E-state index contributed by atoms with van der Waals surface area (Å²) in [5.41, 5.74) is 6.07. The lowest BCUT2D eigenvalue weighted by molar-refractivity contribution is -0.121. The first-order valence-electron chi connectivity index (χ1n) is 5.70. The Morgan fingerprint density at radius 3 is 2.47 bits per heavy atom. The lowest BCUT2D eigenvalue weighted by Gasteiger charge is -2.10. The van der Waals surface area contributed by atoms with Gasteiger partial charge in [0.15, 0.2) is 6.61 Å². The minimum absolute atomic E-state index is 0.227. The Balaban J connectivity index is 1.84. The van der Waals surface area contributed by atoms with Gasteiger partial charge in [0.05, 0.1) is 4.58 Å². The third-order valence-electron chi connectivity index (χ3n) is 2.41. The highest BCUT2D eigenvalue weighted by Gasteiger charge is 2.17. The van der Waals surface area contributed by atoms with Gasteiger partial charge in [-0.1, -0.05) is 12.1 Å². The van der Waals surface area contributed by atoms with Crippen LogP contribution in [0.4, 0.5) is 4.79 Å². The maximum absolute atomic E-state index is 11.2. The van der Waals surface area contributed by atoms with E-state index in [0.717, 1.165) is 0 Å². The molecule has 1 aromatic rings. The second-order valence-electron chi connectivity index (χ2n) is 3.84. The summed E-state index contributed by atoms with van der Waals surface area (Å²) in [5, 5.41) is 1.94. The minimum atomic E-state index is -0.876. The molecule has 7 heteroatoms. The van der Waals surface area contributed by atoms with E-state index in [1.165, 1.54) is 17.1 Å². The van der Waals surface area contributed by atoms with Gasteiger partial charge in [-0.05, 0) is 17.7 Å². The zero-order valence-corrected chi connectivity index (χ0v) is 11.8. The van der Waals surface area contributed by atoms with E-state index in [4.69, 9.17) is 10.5 Å². The maximum Gasteiger partial charge on any atom is 0.318 e. The van der Waals surface area contributed by atoms with E-state index in [-0.39, 0.29) is 6.61 Å². The molecule has 5 nitrogen and oxygen atoms in total. The van der Waals surface area contributed by atoms with Crippen LogP contribution in [0.5, 0.6) is 5.75 Å². The predicted octanol–water partition coefficient (Wildman–Crippen LogP) is 1.74. The Hall–Kier alpha value is -1.34. The van der Waals surface area contributed by atoms with Crippen molar-refractivity contribution in [2.24, 2.45) is 5.73 Å². The van der Waals surface area contributed by atoms with E-state index in [0.29, 0.717) is 10.3 Å². The summed E-state index contributed by atoms with van der Waals surface area (Å²) in [4.78, 5) is 21.6. The molecule has 1 fully saturated rings. The van der Waals surface area contributed by atoms with E-state index < -0.39 is 11.9 Å². The van der Waals surface area contributed by atoms with E-state index in [9.17, 15) is 9.59 Å². The van der Waals surface area contributed by atoms with Crippen LogP contribution in [0.2, 0.25) is 0 Å². The number of rotatable bonds is 4. The molecule has 1 aliphatic rings. The van der Waals surface area contributed by atoms with Gasteiger partial charge in [-0.25, -0.2) is 4.79 Å². The summed E-state index contributed by atoms with van der Waals surface area (Å²) in [6.45, 7) is -0.227. The van der Waals surface area contributed by atoms with Crippen LogP contribution in [-0.2, 0) is 4.79 Å². The van der Waals surface area contributed by atoms with Crippen LogP contribution in [-0.4, -0.2) is 30.1 Å². The summed E-state index contributed by atoms with van der Waals surface area (Å²) in [6.07, 6.45) is 0. The van der Waals surface area contributed by atoms with Crippen molar-refractivity contribution in [1.82, 2.24) is 5.32 Å². The number of imide groups is 1. The highest BCUT2D eigenvalue weighted by atomic mass is 32.2. The molecule has 102 valence electrons. The Bertz CT molecular complexity index is 459. The van der Waals surface area contributed by atoms with Gasteiger partial charge in [-0.3, -0.25) is 10.1 Å². The first-order chi connectivity index (χ1) is 9.15. The molecule has 0 aliphatic carbocycles. The number of hydrogen-bond acceptors (Lipinski definition) is 5. The van der Waals surface area contributed by atoms with E-state index in [2.05, 4.69) is 0 Å². The van der Waals surface area contributed by atoms with Crippen molar-refractivity contribution in [1.29, 1.82) is 0 Å². The fourth-order valence-electron chi connectivity index (χ4n) is 1.59. The summed E-state index contributed by atoms with van der Waals surface area (Å²) >= 11 is 3.87. The molecule has 0 bridgehead atoms. The fraction of sp³-hybridized carbons (Fsp3) is 0.333. The van der Waals surface area contributed by atoms with Gasteiger partial charge >= 0.3 is 6.03 Å². The molecular formula is C12H14N2O3S2. The van der Waals surface area contributed by atoms with Crippen LogP contribution in [0.3, 0.4) is 0 Å². The number of ether oxygens (including phenoxy) is 1. The van der Waals surface area contributed by atoms with Gasteiger partial charge in [0.25, 0.3) is 5.91 Å². The van der Waals surface area contributed by atoms with Crippen molar-refractivity contribution in [3.8, 4) is 5.75 Å². The van der Waals surface area contributed by atoms with Gasteiger partial charge in [-0.15, -0.1) is 23.5 Å². The zero-order chi connectivity index (χ0) is 13.7. The third-order valence-corrected chi connectivity index (χ3v) is 5.51. The molecule has 0 atom stereocenters. The number of thioether (sulfide) groups is 2. The van der Waals surface area contributed by atoms with Crippen LogP contribution in [0.25, 0.3) is 0 Å². The molecule has 2 rings (SSSR count). The number of primary amides is 1. The van der Waals surface area contributed by atoms with Gasteiger partial charge < -0.3 is 10.5 Å². The van der Waals surface area contributed by atoms with E-state index in [1.54, 1.807) is 0 Å². The summed E-state index contributed by atoms with van der Waals surface area (Å²) in [5.74, 6) is 2.40. The first kappa shape index (κ1) is 14.1. The molecule has 1 aliphatic heterocycles. The number of carbonyl (C=O) groups is 2. The molecule has 1 saturated heterocycles. The second-order valence-corrected chi connectivity index (χ2v) is 6.57. The Kier molecular flexibility index (Phi) is 4.98. The van der Waals surface area contributed by atoms with Crippen molar-refractivity contribution in [2.45, 2.75) is 4.58 Å². The molecular weight excluding hydrogens is 284 g/mol. The number of carbonyl (C=O) groups excluding carboxylic acids is 2. The Morgan fingerprint density at radius 2 is 1.89 bits per heavy atom. The maximum atomic E-state index is 11.2. The SMILES string of the molecule is NC(=O)NC(=O)COc1ccc(C2SCCS2)cc1. The van der Waals surface area contributed by atoms with Gasteiger partial charge in [-0.2, -0.15) is 0 Å². The van der Waals surface area contributed by atoms with Crippen molar-refractivity contribution >= 4 is 35.5 Å². The van der Waals surface area contributed by atoms with Gasteiger partial charge in [0.2, 0.25) is 0 Å². The lowest BCUT2D eigenvalue weighted by Crippen LogP contribution is -2.38. The molecule has 3 N–H and O–H groups in total. The second kappa shape index (κ2) is 6.72. The smallest absolute Gasteiger partial charge is 0.318 e. The normalized spacial score (nSPS) is 15.2. The third kappa shape index (κ3) is 4.36. The van der Waals surface area contributed by atoms with Gasteiger partial charge in [0.1, 0.15) is 5.75 Å². The number of benzene rings is 1. The Labute approximate surface area is 119 Å². The van der Waals surface area contributed by atoms with Crippen molar-refractivity contribution < 1.29 is 14.3 Å². The van der Waals surface area contributed by atoms with Gasteiger partial charge in [0, 0.05) is 11.5 Å². The predicted molar refractivity (Wildman–Crippen MR) is 77.3 cm³/mol. The van der Waals surface area contributed by atoms with Crippen LogP contribution in [0.1, 0.15) is 10.1 Å². The number of nitrogens with two attached hydrogens (primary N) is 1. The van der Waals surface area contributed by atoms with Crippen molar-refractivity contribution in [3.63, 3.8) is 0 Å². The average Bonchev–Trinajstić information content (AvgIpc) is 2.90. The van der Waals surface area contributed by atoms with Crippen LogP contribution in [0, 0.1) is 0 Å². The molecule has 1 aromatic carbocycles. The monoisotopic (exact) mass is 298 g/mol. The number of nitrogens with one attached hydrogen (secondary N) is 1. The summed E-state index contributed by atoms with van der Waals surface area (Å²) in [6, 6.07) is 6.77. The number of amides is 3. The molecule has 0 spiro atoms. The average molecular weight is 298 g/mol. The molecule has 1 heterocycles. The topological polar surface area (TPSA) is 81.4 Å². The minimum Gasteiger partial charge on any atom is -0.484 e. The van der Waals surface area contributed by atoms with Crippen molar-refractivity contribution in [2.75, 3.05) is 18.1 Å². The first-order valence-corrected chi connectivity index (χ1v) is 7.80. The Morgan fingerprint density at radius 1 is 1.26 bits per heavy atom. The van der Waals surface area contributed by atoms with Crippen molar-refractivity contribution in [3.05, 3.63) is 29.8 Å². The van der Waals surface area contributed by atoms with Crippen LogP contribution < -0.4 is 15.8 Å². The molecule has 3 amide bonds. The standard InChI is InChI=1S/C12H14N2O3S2/c13-12(16)14-10(15)7-17-9-3-1-8(2-4-9)11-18-5-6-19-11/h1-4,11H,5-7H2,(H3,13,14,15,16). The van der Waals surface area contributed by atoms with E-state index in [1.807, 2.05) is 53.1 Å². The molecule has 0 aromatic heterocycles. The zero-order valence-electron chi connectivity index (χ0n) is 10.1. The van der Waals surface area contributed by atoms with Crippen LogP contribution in [0.15, 0.2) is 24.3 Å². The molecule has 0 saturated carbocycles. The van der Waals surface area contributed by atoms with E-state index >= 15 is 0 Å². The molecule has 19 heavy (non-hydrogen) atoms. The summed E-state index contributed by atoms with van der Waals surface area (Å²) < 4.78 is 5.75. The lowest BCUT2D eigenvalue weighted by atomic mass is 10.2. The molecule has 0 radical (unpaired) electrons. The quantitative estimate of drug-likeness (QED) is 0.885. The highest BCUT2D eigenvalue weighted by molar-refractivity contribution is 8.19. The number of urea groups is 1. The largest absolute Gasteiger partial charge is 0.484 e. The highest BCUT2D eigenvalue weighted by Crippen LogP contribution is 2.45. The van der Waals surface area contributed by atoms with Crippen LogP contribution >= 0.6 is 23.5 Å². The number of hydrogen-bond donors (Lipinski definition) is 2. The molecule has 0 unspecified atom stereocenters.